The summed E-state index contributed by atoms with van der Waals surface area (Å²) in [6.07, 6.45) is 1.55. The lowest BCUT2D eigenvalue weighted by molar-refractivity contribution is 0.426. The highest BCUT2D eigenvalue weighted by molar-refractivity contribution is 6.60. The van der Waals surface area contributed by atoms with Crippen LogP contribution in [0.5, 0.6) is 0 Å². The molecule has 0 saturated heterocycles. The van der Waals surface area contributed by atoms with Crippen molar-refractivity contribution in [2.45, 2.75) is 0 Å². The van der Waals surface area contributed by atoms with Crippen molar-refractivity contribution in [3.8, 4) is 11.3 Å². The minimum absolute atomic E-state index is 0.481. The van der Waals surface area contributed by atoms with Gasteiger partial charge in [-0.25, -0.2) is 0 Å². The predicted molar refractivity (Wildman–Crippen MR) is 45.2 cm³/mol. The highest BCUT2D eigenvalue weighted by atomic mass is 16.4. The summed E-state index contributed by atoms with van der Waals surface area (Å²) in [6, 6.07) is 6.85. The Morgan fingerprint density at radius 3 is 2.75 bits per heavy atom. The maximum absolute atomic E-state index is 8.92. The average Bonchev–Trinajstić information content (AvgIpc) is 2.47. The lowest BCUT2D eigenvalue weighted by Gasteiger charge is -2.00. The standard InChI is InChI=1S/C8H7BO3/c10-9(11)7-3-4-8-6(7)2-1-5-12-8/h1-5,10-11H. The van der Waals surface area contributed by atoms with Crippen LogP contribution in [-0.2, 0) is 0 Å². The molecule has 60 valence electrons. The molecule has 0 aromatic heterocycles. The summed E-state index contributed by atoms with van der Waals surface area (Å²) in [5.74, 6) is 0.667. The van der Waals surface area contributed by atoms with E-state index in [0.29, 0.717) is 11.2 Å². The minimum atomic E-state index is -1.43. The van der Waals surface area contributed by atoms with E-state index in [2.05, 4.69) is 0 Å². The highest BCUT2D eigenvalue weighted by Gasteiger charge is 2.19. The SMILES string of the molecule is OB(O)c1ccc2occcc1-2. The first-order chi connectivity index (χ1) is 5.79. The lowest BCUT2D eigenvalue weighted by Crippen LogP contribution is -2.29. The van der Waals surface area contributed by atoms with E-state index >= 15 is 0 Å². The molecule has 4 heteroatoms. The van der Waals surface area contributed by atoms with Crippen LogP contribution in [0.3, 0.4) is 0 Å². The van der Waals surface area contributed by atoms with Gasteiger partial charge in [0, 0.05) is 5.56 Å². The average molecular weight is 162 g/mol. The Balaban J connectivity index is 2.60. The van der Waals surface area contributed by atoms with Crippen molar-refractivity contribution in [2.24, 2.45) is 0 Å². The van der Waals surface area contributed by atoms with E-state index in [9.17, 15) is 0 Å². The third-order valence-corrected chi connectivity index (χ3v) is 1.81. The Hall–Kier alpha value is -1.26. The molecule has 0 radical (unpaired) electrons. The number of rotatable bonds is 1. The van der Waals surface area contributed by atoms with Gasteiger partial charge in [-0.2, -0.15) is 0 Å². The van der Waals surface area contributed by atoms with Crippen LogP contribution in [0, 0.1) is 0 Å². The smallest absolute Gasteiger partial charge is 0.464 e. The zero-order valence-corrected chi connectivity index (χ0v) is 6.27. The van der Waals surface area contributed by atoms with Crippen molar-refractivity contribution in [1.82, 2.24) is 0 Å². The highest BCUT2D eigenvalue weighted by Crippen LogP contribution is 2.19. The molecule has 0 aromatic carbocycles. The summed E-state index contributed by atoms with van der Waals surface area (Å²) < 4.78 is 5.12. The molecular weight excluding hydrogens is 155 g/mol. The Morgan fingerprint density at radius 1 is 1.17 bits per heavy atom. The Bertz CT molecular complexity index is 355. The molecule has 0 saturated carbocycles. The van der Waals surface area contributed by atoms with Crippen molar-refractivity contribution in [2.75, 3.05) is 0 Å². The van der Waals surface area contributed by atoms with E-state index in [1.807, 2.05) is 0 Å². The van der Waals surface area contributed by atoms with Gasteiger partial charge in [-0.3, -0.25) is 0 Å². The largest absolute Gasteiger partial charge is 0.489 e. The van der Waals surface area contributed by atoms with Crippen molar-refractivity contribution in [3.63, 3.8) is 0 Å². The number of hydrogen-bond acceptors (Lipinski definition) is 3. The molecule has 2 rings (SSSR count). The summed E-state index contributed by atoms with van der Waals surface area (Å²) in [4.78, 5) is 0. The molecule has 0 aromatic rings. The topological polar surface area (TPSA) is 53.6 Å². The van der Waals surface area contributed by atoms with Gasteiger partial charge in [-0.05, 0) is 23.7 Å². The molecule has 12 heavy (non-hydrogen) atoms. The molecule has 0 spiro atoms. The molecule has 1 heterocycles. The zero-order valence-electron chi connectivity index (χ0n) is 6.27. The Kier molecular flexibility index (Phi) is 1.64. The van der Waals surface area contributed by atoms with Gasteiger partial charge in [0.15, 0.2) is 0 Å². The van der Waals surface area contributed by atoms with Crippen LogP contribution in [0.4, 0.5) is 0 Å². The van der Waals surface area contributed by atoms with Crippen LogP contribution in [0.2, 0.25) is 0 Å². The fourth-order valence-electron chi connectivity index (χ4n) is 1.24. The van der Waals surface area contributed by atoms with Crippen LogP contribution in [0.15, 0.2) is 34.9 Å². The van der Waals surface area contributed by atoms with Gasteiger partial charge in [-0.15, -0.1) is 0 Å². The number of fused-ring (bicyclic) bond motifs is 1. The van der Waals surface area contributed by atoms with Gasteiger partial charge < -0.3 is 14.5 Å². The van der Waals surface area contributed by atoms with E-state index in [4.69, 9.17) is 14.5 Å². The van der Waals surface area contributed by atoms with Gasteiger partial charge in [0.2, 0.25) is 0 Å². The first-order valence-corrected chi connectivity index (χ1v) is 3.61. The second-order valence-corrected chi connectivity index (χ2v) is 2.55. The third-order valence-electron chi connectivity index (χ3n) is 1.81. The fraction of sp³-hybridized carbons (Fsp3) is 0. The van der Waals surface area contributed by atoms with Crippen LogP contribution in [-0.4, -0.2) is 17.2 Å². The van der Waals surface area contributed by atoms with Gasteiger partial charge in [-0.1, -0.05) is 6.07 Å². The van der Waals surface area contributed by atoms with Crippen molar-refractivity contribution in [1.29, 1.82) is 0 Å². The molecule has 0 amide bonds. The number of hydrogen-bond donors (Lipinski definition) is 2. The van der Waals surface area contributed by atoms with Crippen molar-refractivity contribution >= 4 is 12.6 Å². The second kappa shape index (κ2) is 2.66. The van der Waals surface area contributed by atoms with Gasteiger partial charge in [0.05, 0.1) is 6.26 Å². The zero-order chi connectivity index (χ0) is 8.55. The summed E-state index contributed by atoms with van der Waals surface area (Å²) in [5, 5.41) is 17.8. The Morgan fingerprint density at radius 2 is 2.00 bits per heavy atom. The predicted octanol–water partition coefficient (Wildman–Crippen LogP) is 0.0642. The van der Waals surface area contributed by atoms with Gasteiger partial charge in [0.1, 0.15) is 5.76 Å². The fourth-order valence-corrected chi connectivity index (χ4v) is 1.24. The van der Waals surface area contributed by atoms with E-state index in [1.165, 1.54) is 0 Å². The van der Waals surface area contributed by atoms with E-state index < -0.39 is 7.12 Å². The molecule has 2 N–H and O–H groups in total. The quantitative estimate of drug-likeness (QED) is 0.583. The summed E-state index contributed by atoms with van der Waals surface area (Å²) >= 11 is 0. The van der Waals surface area contributed by atoms with Crippen LogP contribution >= 0.6 is 0 Å². The van der Waals surface area contributed by atoms with Crippen LogP contribution in [0.25, 0.3) is 11.3 Å². The van der Waals surface area contributed by atoms with E-state index in [0.717, 1.165) is 5.56 Å². The molecule has 1 aliphatic heterocycles. The Labute approximate surface area is 69.7 Å². The minimum Gasteiger partial charge on any atom is -0.464 e. The molecule has 3 nitrogen and oxygen atoms in total. The first-order valence-electron chi connectivity index (χ1n) is 3.61. The molecule has 0 unspecified atom stereocenters. The lowest BCUT2D eigenvalue weighted by atomic mass is 9.79. The van der Waals surface area contributed by atoms with Crippen LogP contribution in [0.1, 0.15) is 0 Å². The first kappa shape index (κ1) is 7.40. The van der Waals surface area contributed by atoms with Crippen molar-refractivity contribution in [3.05, 3.63) is 30.5 Å². The third kappa shape index (κ3) is 1.01. The maximum Gasteiger partial charge on any atom is 0.489 e. The molecule has 0 fully saturated rings. The molecule has 0 bridgehead atoms. The van der Waals surface area contributed by atoms with Gasteiger partial charge >= 0.3 is 7.12 Å². The maximum atomic E-state index is 8.92. The molecule has 1 aliphatic carbocycles. The van der Waals surface area contributed by atoms with Crippen molar-refractivity contribution < 1.29 is 14.5 Å². The van der Waals surface area contributed by atoms with Crippen LogP contribution < -0.4 is 5.46 Å². The monoisotopic (exact) mass is 162 g/mol. The summed E-state index contributed by atoms with van der Waals surface area (Å²) in [6.45, 7) is 0. The molecule has 0 atom stereocenters. The van der Waals surface area contributed by atoms with E-state index in [1.54, 1.807) is 30.5 Å². The second-order valence-electron chi connectivity index (χ2n) is 2.55. The molecular formula is C8H7BO3. The normalized spacial score (nSPS) is 10.5. The molecule has 2 aliphatic rings. The summed E-state index contributed by atoms with van der Waals surface area (Å²) in [7, 11) is -1.43. The van der Waals surface area contributed by atoms with E-state index in [-0.39, 0.29) is 0 Å². The van der Waals surface area contributed by atoms with Gasteiger partial charge in [0.25, 0.3) is 0 Å². The summed E-state index contributed by atoms with van der Waals surface area (Å²) in [5.41, 5.74) is 1.22.